The van der Waals surface area contributed by atoms with E-state index < -0.39 is 29.7 Å². The highest BCUT2D eigenvalue weighted by Crippen LogP contribution is 2.25. The summed E-state index contributed by atoms with van der Waals surface area (Å²) in [6.45, 7) is 11.2. The number of aryl methyl sites for hydroxylation is 2. The smallest absolute Gasteiger partial charge is 0.408 e. The van der Waals surface area contributed by atoms with Crippen LogP contribution in [0.1, 0.15) is 69.7 Å². The zero-order valence-corrected chi connectivity index (χ0v) is 22.0. The number of carbonyl (C=O) groups excluding carboxylic acids is 3. The largest absolute Gasteiger partial charge is 0.444 e. The zero-order valence-electron chi connectivity index (χ0n) is 21.1. The molecule has 0 aliphatic heterocycles. The number of unbranched alkanes of at least 4 members (excludes halogenated alkanes) is 2. The van der Waals surface area contributed by atoms with Crippen LogP contribution in [0.25, 0.3) is 0 Å². The Morgan fingerprint density at radius 3 is 2.38 bits per heavy atom. The van der Waals surface area contributed by atoms with Crippen molar-refractivity contribution in [2.45, 2.75) is 78.5 Å². The van der Waals surface area contributed by atoms with E-state index in [4.69, 9.17) is 4.74 Å². The number of benzene rings is 1. The molecule has 0 heterocycles. The van der Waals surface area contributed by atoms with Crippen LogP contribution < -0.4 is 10.6 Å². The molecule has 2 N–H and O–H groups in total. The van der Waals surface area contributed by atoms with Crippen LogP contribution in [0.3, 0.4) is 0 Å². The minimum atomic E-state index is -1.08. The Bertz CT molecular complexity index is 892. The number of thiol groups is 1. The Hall–Kier alpha value is -2.73. The van der Waals surface area contributed by atoms with E-state index >= 15 is 0 Å². The number of amides is 3. The number of nitrogens with zero attached hydrogens (tertiary/aromatic N) is 2. The van der Waals surface area contributed by atoms with E-state index in [0.717, 1.165) is 30.4 Å². The maximum absolute atomic E-state index is 13.5. The quantitative estimate of drug-likeness (QED) is 0.248. The lowest BCUT2D eigenvalue weighted by atomic mass is 9.98. The summed E-state index contributed by atoms with van der Waals surface area (Å²) < 4.78 is 5.26. The summed E-state index contributed by atoms with van der Waals surface area (Å²) in [5, 5.41) is 14.9. The molecule has 1 aromatic rings. The molecule has 0 aliphatic carbocycles. The molecule has 0 aromatic heterocycles. The van der Waals surface area contributed by atoms with E-state index in [-0.39, 0.29) is 18.2 Å². The average Bonchev–Trinajstić information content (AvgIpc) is 2.75. The molecule has 0 bridgehead atoms. The van der Waals surface area contributed by atoms with Gasteiger partial charge >= 0.3 is 6.09 Å². The van der Waals surface area contributed by atoms with Crippen LogP contribution in [0, 0.1) is 25.2 Å². The Morgan fingerprint density at radius 1 is 1.18 bits per heavy atom. The number of carbonyl (C=O) groups is 3. The third-order valence-corrected chi connectivity index (χ3v) is 5.55. The van der Waals surface area contributed by atoms with E-state index in [2.05, 4.69) is 30.2 Å². The molecule has 9 heteroatoms. The number of hydrogen-bond acceptors (Lipinski definition) is 6. The van der Waals surface area contributed by atoms with E-state index in [1.807, 2.05) is 32.0 Å². The van der Waals surface area contributed by atoms with Crippen LogP contribution in [0.4, 0.5) is 4.79 Å². The molecule has 8 nitrogen and oxygen atoms in total. The van der Waals surface area contributed by atoms with E-state index in [1.165, 1.54) is 4.90 Å². The molecule has 0 saturated heterocycles. The second-order valence-corrected chi connectivity index (χ2v) is 9.62. The summed E-state index contributed by atoms with van der Waals surface area (Å²) in [5.41, 5.74) is 1.85. The minimum absolute atomic E-state index is 0.0300. The number of nitriles is 1. The summed E-state index contributed by atoms with van der Waals surface area (Å²) in [4.78, 5) is 40.3. The van der Waals surface area contributed by atoms with Crippen molar-refractivity contribution in [2.75, 3.05) is 18.8 Å². The highest BCUT2D eigenvalue weighted by molar-refractivity contribution is 7.80. The molecular formula is C25H38N4O4S. The lowest BCUT2D eigenvalue weighted by molar-refractivity contribution is -0.141. The molecule has 1 rings (SSSR count). The van der Waals surface area contributed by atoms with E-state index in [1.54, 1.807) is 26.8 Å². The van der Waals surface area contributed by atoms with Gasteiger partial charge in [0, 0.05) is 12.3 Å². The molecular weight excluding hydrogens is 452 g/mol. The van der Waals surface area contributed by atoms with Crippen LogP contribution in [-0.2, 0) is 14.3 Å². The Balaban J connectivity index is 3.31. The fourth-order valence-corrected chi connectivity index (χ4v) is 3.55. The van der Waals surface area contributed by atoms with Crippen molar-refractivity contribution in [3.05, 3.63) is 34.9 Å². The molecule has 0 radical (unpaired) electrons. The molecule has 188 valence electrons. The van der Waals surface area contributed by atoms with Gasteiger partial charge in [0.2, 0.25) is 11.8 Å². The molecule has 0 fully saturated rings. The van der Waals surface area contributed by atoms with Gasteiger partial charge in [-0.05, 0) is 57.7 Å². The third-order valence-electron chi connectivity index (χ3n) is 5.18. The molecule has 2 atom stereocenters. The molecule has 3 amide bonds. The lowest BCUT2D eigenvalue weighted by Gasteiger charge is -2.32. The first-order valence-corrected chi connectivity index (χ1v) is 12.2. The Morgan fingerprint density at radius 2 is 1.85 bits per heavy atom. The SMILES string of the molecule is CCCCCNC(=O)C(c1ccc(C)c(C)c1)N(CC#N)C(=O)C(CS)NC(=O)OC(C)(C)C. The molecule has 1 aromatic carbocycles. The Labute approximate surface area is 208 Å². The van der Waals surface area contributed by atoms with E-state index in [9.17, 15) is 19.6 Å². The molecule has 2 unspecified atom stereocenters. The average molecular weight is 491 g/mol. The topological polar surface area (TPSA) is 112 Å². The van der Waals surface area contributed by atoms with Gasteiger partial charge < -0.3 is 20.3 Å². The first-order chi connectivity index (χ1) is 15.9. The van der Waals surface area contributed by atoms with Gasteiger partial charge in [0.1, 0.15) is 24.2 Å². The first kappa shape index (κ1) is 29.3. The summed E-state index contributed by atoms with van der Waals surface area (Å²) in [6.07, 6.45) is 2.02. The summed E-state index contributed by atoms with van der Waals surface area (Å²) in [5.74, 6) is -0.995. The number of nitrogens with one attached hydrogen (secondary N) is 2. The first-order valence-electron chi connectivity index (χ1n) is 11.6. The van der Waals surface area contributed by atoms with Crippen molar-refractivity contribution in [1.29, 1.82) is 5.26 Å². The highest BCUT2D eigenvalue weighted by atomic mass is 32.1. The molecule has 34 heavy (non-hydrogen) atoms. The molecule has 0 spiro atoms. The van der Waals surface area contributed by atoms with Crippen molar-refractivity contribution in [1.82, 2.24) is 15.5 Å². The summed E-state index contributed by atoms with van der Waals surface area (Å²) in [7, 11) is 0. The van der Waals surface area contributed by atoms with Crippen LogP contribution in [0.2, 0.25) is 0 Å². The lowest BCUT2D eigenvalue weighted by Crippen LogP contribution is -2.54. The van der Waals surface area contributed by atoms with Crippen LogP contribution >= 0.6 is 12.6 Å². The zero-order chi connectivity index (χ0) is 25.9. The van der Waals surface area contributed by atoms with Gasteiger partial charge in [-0.15, -0.1) is 0 Å². The maximum Gasteiger partial charge on any atom is 0.408 e. The maximum atomic E-state index is 13.5. The molecule has 0 saturated carbocycles. The van der Waals surface area contributed by atoms with E-state index in [0.29, 0.717) is 12.1 Å². The number of hydrogen-bond donors (Lipinski definition) is 3. The van der Waals surface area contributed by atoms with Crippen LogP contribution in [0.5, 0.6) is 0 Å². The number of ether oxygens (including phenoxy) is 1. The second kappa shape index (κ2) is 13.9. The Kier molecular flexibility index (Phi) is 11.9. The van der Waals surface area contributed by atoms with Crippen molar-refractivity contribution in [3.63, 3.8) is 0 Å². The van der Waals surface area contributed by atoms with Crippen molar-refractivity contribution >= 4 is 30.5 Å². The monoisotopic (exact) mass is 490 g/mol. The van der Waals surface area contributed by atoms with Crippen LogP contribution in [0.15, 0.2) is 18.2 Å². The third kappa shape index (κ3) is 9.26. The minimum Gasteiger partial charge on any atom is -0.444 e. The fraction of sp³-hybridized carbons (Fsp3) is 0.600. The normalized spacial score (nSPS) is 12.8. The summed E-state index contributed by atoms with van der Waals surface area (Å²) in [6, 6.07) is 5.39. The predicted octanol–water partition coefficient (Wildman–Crippen LogP) is 3.83. The predicted molar refractivity (Wildman–Crippen MR) is 136 cm³/mol. The van der Waals surface area contributed by atoms with Gasteiger partial charge in [0.25, 0.3) is 0 Å². The van der Waals surface area contributed by atoms with Gasteiger partial charge in [-0.3, -0.25) is 9.59 Å². The van der Waals surface area contributed by atoms with Crippen LogP contribution in [-0.4, -0.2) is 53.3 Å². The highest BCUT2D eigenvalue weighted by Gasteiger charge is 2.35. The van der Waals surface area contributed by atoms with Crippen molar-refractivity contribution in [3.8, 4) is 6.07 Å². The standard InChI is InChI=1S/C25H38N4O4S/c1-7-8-9-13-27-22(30)21(19-11-10-17(2)18(3)15-19)29(14-12-26)23(31)20(16-34)28-24(32)33-25(4,5)6/h10-11,15,20-21,34H,7-9,13-14,16H2,1-6H3,(H,27,30)(H,28,32). The van der Waals surface area contributed by atoms with Gasteiger partial charge in [-0.1, -0.05) is 38.0 Å². The van der Waals surface area contributed by atoms with Crippen molar-refractivity contribution in [2.24, 2.45) is 0 Å². The molecule has 0 aliphatic rings. The fourth-order valence-electron chi connectivity index (χ4n) is 3.30. The second-order valence-electron chi connectivity index (χ2n) is 9.25. The number of rotatable bonds is 11. The number of alkyl carbamates (subject to hydrolysis) is 1. The van der Waals surface area contributed by atoms with Gasteiger partial charge in [0.05, 0.1) is 6.07 Å². The van der Waals surface area contributed by atoms with Crippen molar-refractivity contribution < 1.29 is 19.1 Å². The van der Waals surface area contributed by atoms with Gasteiger partial charge in [0.15, 0.2) is 0 Å². The van der Waals surface area contributed by atoms with Gasteiger partial charge in [-0.25, -0.2) is 4.79 Å². The summed E-state index contributed by atoms with van der Waals surface area (Å²) >= 11 is 4.22. The van der Waals surface area contributed by atoms with Gasteiger partial charge in [-0.2, -0.15) is 17.9 Å².